The second-order valence-electron chi connectivity index (χ2n) is 2.76. The van der Waals surface area contributed by atoms with E-state index in [1.807, 2.05) is 0 Å². The van der Waals surface area contributed by atoms with Crippen molar-refractivity contribution in [2.75, 3.05) is 20.6 Å². The number of amidine groups is 1. The Hall–Kier alpha value is -1.26. The fourth-order valence-electron chi connectivity index (χ4n) is 0.632. The normalized spacial score (nSPS) is 9.17. The van der Waals surface area contributed by atoms with E-state index in [4.69, 9.17) is 11.1 Å². The average Bonchev–Trinajstić information content (AvgIpc) is 1.97. The molecule has 0 aromatic carbocycles. The summed E-state index contributed by atoms with van der Waals surface area (Å²) in [6.07, 6.45) is 1.25. The van der Waals surface area contributed by atoms with E-state index in [0.29, 0.717) is 13.0 Å². The Morgan fingerprint density at radius 3 is 2.58 bits per heavy atom. The van der Waals surface area contributed by atoms with Gasteiger partial charge in [-0.2, -0.15) is 0 Å². The van der Waals surface area contributed by atoms with Gasteiger partial charge in [-0.05, 0) is 6.42 Å². The molecule has 0 aromatic rings. The van der Waals surface area contributed by atoms with Crippen molar-refractivity contribution in [1.29, 1.82) is 5.41 Å². The number of nitrogens with one attached hydrogen (secondary N) is 2. The third kappa shape index (κ3) is 5.52. The van der Waals surface area contributed by atoms with Gasteiger partial charge in [0.05, 0.1) is 5.84 Å². The molecule has 2 amide bonds. The summed E-state index contributed by atoms with van der Waals surface area (Å²) in [7, 11) is 3.36. The molecule has 5 heteroatoms. The molecule has 0 aliphatic heterocycles. The third-order valence-electron chi connectivity index (χ3n) is 1.31. The Morgan fingerprint density at radius 2 is 2.17 bits per heavy atom. The first kappa shape index (κ1) is 10.7. The van der Waals surface area contributed by atoms with Crippen LogP contribution in [0.4, 0.5) is 4.79 Å². The van der Waals surface area contributed by atoms with Crippen molar-refractivity contribution < 1.29 is 4.79 Å². The maximum Gasteiger partial charge on any atom is 0.316 e. The van der Waals surface area contributed by atoms with Crippen LogP contribution in [0.25, 0.3) is 0 Å². The topological polar surface area (TPSA) is 82.2 Å². The van der Waals surface area contributed by atoms with E-state index in [2.05, 4.69) is 5.32 Å². The number of urea groups is 1. The minimum atomic E-state index is -0.112. The van der Waals surface area contributed by atoms with Crippen molar-refractivity contribution in [1.82, 2.24) is 10.2 Å². The molecule has 4 N–H and O–H groups in total. The highest BCUT2D eigenvalue weighted by molar-refractivity contribution is 5.77. The highest BCUT2D eigenvalue weighted by atomic mass is 16.2. The first-order valence-electron chi connectivity index (χ1n) is 3.82. The van der Waals surface area contributed by atoms with Gasteiger partial charge in [0.2, 0.25) is 0 Å². The first-order chi connectivity index (χ1) is 5.54. The van der Waals surface area contributed by atoms with Gasteiger partial charge >= 0.3 is 6.03 Å². The lowest BCUT2D eigenvalue weighted by Crippen LogP contribution is -2.35. The van der Waals surface area contributed by atoms with Gasteiger partial charge in [-0.1, -0.05) is 0 Å². The number of carbonyl (C=O) groups excluding carboxylic acids is 1. The Balaban J connectivity index is 3.32. The fraction of sp³-hybridized carbons (Fsp3) is 0.714. The van der Waals surface area contributed by atoms with E-state index >= 15 is 0 Å². The molecule has 0 heterocycles. The van der Waals surface area contributed by atoms with Crippen LogP contribution in [0.15, 0.2) is 0 Å². The molecule has 0 bridgehead atoms. The van der Waals surface area contributed by atoms with Crippen molar-refractivity contribution in [2.45, 2.75) is 12.8 Å². The number of hydrogen-bond donors (Lipinski definition) is 3. The molecule has 70 valence electrons. The van der Waals surface area contributed by atoms with E-state index in [1.54, 1.807) is 14.1 Å². The molecule has 0 unspecified atom stereocenters. The SMILES string of the molecule is CN(C)C(=O)NCCCC(=N)N. The van der Waals surface area contributed by atoms with Gasteiger partial charge in [-0.3, -0.25) is 5.41 Å². The van der Waals surface area contributed by atoms with Gasteiger partial charge in [0.1, 0.15) is 0 Å². The Bertz CT molecular complexity index is 167. The summed E-state index contributed by atoms with van der Waals surface area (Å²) in [4.78, 5) is 12.4. The van der Waals surface area contributed by atoms with Gasteiger partial charge in [-0.15, -0.1) is 0 Å². The monoisotopic (exact) mass is 172 g/mol. The van der Waals surface area contributed by atoms with Gasteiger partial charge in [0, 0.05) is 27.1 Å². The lowest BCUT2D eigenvalue weighted by atomic mass is 10.3. The zero-order chi connectivity index (χ0) is 9.56. The number of nitrogens with zero attached hydrogens (tertiary/aromatic N) is 1. The lowest BCUT2D eigenvalue weighted by molar-refractivity contribution is 0.217. The molecule has 0 aromatic heterocycles. The summed E-state index contributed by atoms with van der Waals surface area (Å²) >= 11 is 0. The molecule has 0 fully saturated rings. The minimum Gasteiger partial charge on any atom is -0.388 e. The maximum absolute atomic E-state index is 10.9. The Labute approximate surface area is 72.4 Å². The molecule has 0 saturated heterocycles. The van der Waals surface area contributed by atoms with E-state index in [1.165, 1.54) is 4.90 Å². The molecule has 12 heavy (non-hydrogen) atoms. The number of nitrogens with two attached hydrogens (primary N) is 1. The summed E-state index contributed by atoms with van der Waals surface area (Å²) in [5.41, 5.74) is 5.13. The van der Waals surface area contributed by atoms with Crippen LogP contribution < -0.4 is 11.1 Å². The number of rotatable bonds is 4. The third-order valence-corrected chi connectivity index (χ3v) is 1.31. The quantitative estimate of drug-likeness (QED) is 0.316. The molecule has 0 aliphatic rings. The van der Waals surface area contributed by atoms with Crippen LogP contribution in [0.2, 0.25) is 0 Å². The van der Waals surface area contributed by atoms with Gasteiger partial charge in [0.25, 0.3) is 0 Å². The fourth-order valence-corrected chi connectivity index (χ4v) is 0.632. The van der Waals surface area contributed by atoms with Crippen molar-refractivity contribution in [3.63, 3.8) is 0 Å². The Kier molecular flexibility index (Phi) is 4.83. The van der Waals surface area contributed by atoms with E-state index in [-0.39, 0.29) is 11.9 Å². The zero-order valence-electron chi connectivity index (χ0n) is 7.55. The van der Waals surface area contributed by atoms with Crippen LogP contribution in [0.3, 0.4) is 0 Å². The van der Waals surface area contributed by atoms with Gasteiger partial charge < -0.3 is 16.0 Å². The number of carbonyl (C=O) groups is 1. The minimum absolute atomic E-state index is 0.112. The van der Waals surface area contributed by atoms with Crippen molar-refractivity contribution in [3.8, 4) is 0 Å². The van der Waals surface area contributed by atoms with Crippen molar-refractivity contribution in [2.24, 2.45) is 5.73 Å². The molecular weight excluding hydrogens is 156 g/mol. The van der Waals surface area contributed by atoms with Gasteiger partial charge in [0.15, 0.2) is 0 Å². The summed E-state index contributed by atoms with van der Waals surface area (Å²) < 4.78 is 0. The Morgan fingerprint density at radius 1 is 1.58 bits per heavy atom. The van der Waals surface area contributed by atoms with E-state index in [0.717, 1.165) is 6.42 Å². The maximum atomic E-state index is 10.9. The second-order valence-corrected chi connectivity index (χ2v) is 2.76. The molecule has 0 atom stereocenters. The summed E-state index contributed by atoms with van der Waals surface area (Å²) in [6, 6.07) is -0.112. The number of hydrogen-bond acceptors (Lipinski definition) is 2. The second kappa shape index (κ2) is 5.40. The predicted molar refractivity (Wildman–Crippen MR) is 48.2 cm³/mol. The van der Waals surface area contributed by atoms with Crippen LogP contribution in [-0.2, 0) is 0 Å². The highest BCUT2D eigenvalue weighted by Gasteiger charge is 2.00. The molecular formula is C7H16N4O. The molecule has 0 rings (SSSR count). The van der Waals surface area contributed by atoms with Crippen LogP contribution in [-0.4, -0.2) is 37.4 Å². The van der Waals surface area contributed by atoms with Crippen molar-refractivity contribution >= 4 is 11.9 Å². The first-order valence-corrected chi connectivity index (χ1v) is 3.82. The van der Waals surface area contributed by atoms with E-state index < -0.39 is 0 Å². The zero-order valence-corrected chi connectivity index (χ0v) is 7.55. The van der Waals surface area contributed by atoms with Crippen molar-refractivity contribution in [3.05, 3.63) is 0 Å². The van der Waals surface area contributed by atoms with Crippen LogP contribution in [0.5, 0.6) is 0 Å². The molecule has 0 spiro atoms. The molecule has 0 saturated carbocycles. The molecule has 0 radical (unpaired) electrons. The largest absolute Gasteiger partial charge is 0.388 e. The number of amides is 2. The summed E-state index contributed by atoms with van der Waals surface area (Å²) in [6.45, 7) is 0.566. The van der Waals surface area contributed by atoms with Gasteiger partial charge in [-0.25, -0.2) is 4.79 Å². The van der Waals surface area contributed by atoms with Crippen LogP contribution in [0.1, 0.15) is 12.8 Å². The summed E-state index contributed by atoms with van der Waals surface area (Å²) in [5, 5.41) is 9.59. The molecule has 5 nitrogen and oxygen atoms in total. The lowest BCUT2D eigenvalue weighted by Gasteiger charge is -2.11. The smallest absolute Gasteiger partial charge is 0.316 e. The van der Waals surface area contributed by atoms with E-state index in [9.17, 15) is 4.79 Å². The standard InChI is InChI=1S/C7H16N4O/c1-11(2)7(12)10-5-3-4-6(8)9/h3-5H2,1-2H3,(H3,8,9)(H,10,12). The highest BCUT2D eigenvalue weighted by Crippen LogP contribution is 1.85. The predicted octanol–water partition coefficient (Wildman–Crippen LogP) is -0.0262. The van der Waals surface area contributed by atoms with Crippen LogP contribution >= 0.6 is 0 Å². The summed E-state index contributed by atoms with van der Waals surface area (Å²) in [5.74, 6) is 0.161. The molecule has 0 aliphatic carbocycles. The van der Waals surface area contributed by atoms with Crippen LogP contribution in [0, 0.1) is 5.41 Å². The average molecular weight is 172 g/mol.